The second-order valence-corrected chi connectivity index (χ2v) is 12.0. The van der Waals surface area contributed by atoms with E-state index in [-0.39, 0.29) is 24.9 Å². The fourth-order valence-corrected chi connectivity index (χ4v) is 5.15. The zero-order valence-electron chi connectivity index (χ0n) is 21.5. The predicted molar refractivity (Wildman–Crippen MR) is 153 cm³/mol. The average Bonchev–Trinajstić information content (AvgIpc) is 2.86. The van der Waals surface area contributed by atoms with E-state index in [9.17, 15) is 18.0 Å². The molecule has 0 heterocycles. The largest absolute Gasteiger partial charge is 0.352 e. The first kappa shape index (κ1) is 29.5. The molecule has 0 aliphatic rings. The van der Waals surface area contributed by atoms with E-state index in [2.05, 4.69) is 5.32 Å². The highest BCUT2D eigenvalue weighted by Crippen LogP contribution is 2.25. The van der Waals surface area contributed by atoms with Crippen LogP contribution in [0.25, 0.3) is 0 Å². The van der Waals surface area contributed by atoms with Gasteiger partial charge in [0.05, 0.1) is 22.0 Å². The van der Waals surface area contributed by atoms with Crippen molar-refractivity contribution in [2.24, 2.45) is 0 Å². The lowest BCUT2D eigenvalue weighted by Gasteiger charge is -2.34. The van der Waals surface area contributed by atoms with Gasteiger partial charge in [0.15, 0.2) is 0 Å². The molecule has 0 saturated carbocycles. The van der Waals surface area contributed by atoms with Crippen LogP contribution in [0, 0.1) is 0 Å². The van der Waals surface area contributed by atoms with Crippen LogP contribution in [0.15, 0.2) is 78.9 Å². The van der Waals surface area contributed by atoms with Crippen molar-refractivity contribution in [2.75, 3.05) is 17.1 Å². The Morgan fingerprint density at radius 2 is 1.47 bits per heavy atom. The van der Waals surface area contributed by atoms with Crippen LogP contribution in [0.4, 0.5) is 5.69 Å². The number of anilines is 1. The third-order valence-electron chi connectivity index (χ3n) is 5.76. The fraction of sp³-hybridized carbons (Fsp3) is 0.286. The van der Waals surface area contributed by atoms with Gasteiger partial charge in [0.1, 0.15) is 12.6 Å². The monoisotopic (exact) mass is 575 g/mol. The average molecular weight is 577 g/mol. The Bertz CT molecular complexity index is 1350. The van der Waals surface area contributed by atoms with Crippen molar-refractivity contribution >= 4 is 50.7 Å². The first-order valence-corrected chi connectivity index (χ1v) is 14.7. The maximum Gasteiger partial charge on any atom is 0.244 e. The van der Waals surface area contributed by atoms with Crippen molar-refractivity contribution in [3.8, 4) is 0 Å². The standard InChI is InChI=1S/C28H31Cl2N3O4S/c1-20(2)31-28(35)26(17-21-10-6-4-7-11-21)32(18-22-14-15-24(29)25(30)16-22)27(34)19-33(38(3,36)37)23-12-8-5-9-13-23/h4-16,20,26H,17-19H2,1-3H3,(H,31,35)/t26-/m0/s1. The van der Waals surface area contributed by atoms with Gasteiger partial charge in [0.2, 0.25) is 21.8 Å². The van der Waals surface area contributed by atoms with Crippen LogP contribution in [-0.4, -0.2) is 50.0 Å². The molecule has 0 aromatic heterocycles. The summed E-state index contributed by atoms with van der Waals surface area (Å²) in [5.41, 5.74) is 1.85. The SMILES string of the molecule is CC(C)NC(=O)[C@H](Cc1ccccc1)N(Cc1ccc(Cl)c(Cl)c1)C(=O)CN(c1ccccc1)S(C)(=O)=O. The van der Waals surface area contributed by atoms with Crippen molar-refractivity contribution < 1.29 is 18.0 Å². The number of benzene rings is 3. The van der Waals surface area contributed by atoms with E-state index in [1.54, 1.807) is 48.5 Å². The molecule has 3 rings (SSSR count). The number of nitrogens with zero attached hydrogens (tertiary/aromatic N) is 2. The minimum atomic E-state index is -3.81. The third kappa shape index (κ3) is 8.21. The molecule has 0 bridgehead atoms. The number of carbonyl (C=O) groups is 2. The number of sulfonamides is 1. The Balaban J connectivity index is 2.06. The molecule has 7 nitrogen and oxygen atoms in total. The molecule has 38 heavy (non-hydrogen) atoms. The van der Waals surface area contributed by atoms with Crippen LogP contribution in [0.5, 0.6) is 0 Å². The number of para-hydroxylation sites is 1. The number of hydrogen-bond acceptors (Lipinski definition) is 4. The van der Waals surface area contributed by atoms with E-state index < -0.39 is 28.5 Å². The quantitative estimate of drug-likeness (QED) is 0.351. The van der Waals surface area contributed by atoms with Gasteiger partial charge in [-0.3, -0.25) is 13.9 Å². The van der Waals surface area contributed by atoms with Gasteiger partial charge in [-0.2, -0.15) is 0 Å². The lowest BCUT2D eigenvalue weighted by molar-refractivity contribution is -0.140. The molecule has 1 N–H and O–H groups in total. The number of hydrogen-bond donors (Lipinski definition) is 1. The fourth-order valence-electron chi connectivity index (χ4n) is 3.98. The molecule has 0 unspecified atom stereocenters. The van der Waals surface area contributed by atoms with E-state index >= 15 is 0 Å². The Morgan fingerprint density at radius 1 is 0.868 bits per heavy atom. The zero-order valence-corrected chi connectivity index (χ0v) is 23.8. The molecular weight excluding hydrogens is 545 g/mol. The van der Waals surface area contributed by atoms with Crippen molar-refractivity contribution in [3.05, 3.63) is 100 Å². The number of carbonyl (C=O) groups excluding carboxylic acids is 2. The molecule has 202 valence electrons. The highest BCUT2D eigenvalue weighted by Gasteiger charge is 2.33. The zero-order chi connectivity index (χ0) is 27.9. The molecule has 10 heteroatoms. The van der Waals surface area contributed by atoms with Gasteiger partial charge in [0, 0.05) is 19.0 Å². The maximum atomic E-state index is 13.9. The Hall–Kier alpha value is -3.07. The lowest BCUT2D eigenvalue weighted by atomic mass is 10.0. The van der Waals surface area contributed by atoms with Gasteiger partial charge < -0.3 is 10.2 Å². The summed E-state index contributed by atoms with van der Waals surface area (Å²) in [5.74, 6) is -0.881. The van der Waals surface area contributed by atoms with Gasteiger partial charge in [-0.15, -0.1) is 0 Å². The highest BCUT2D eigenvalue weighted by molar-refractivity contribution is 7.92. The molecule has 1 atom stereocenters. The topological polar surface area (TPSA) is 86.8 Å². The molecule has 0 aliphatic heterocycles. The predicted octanol–water partition coefficient (Wildman–Crippen LogP) is 4.92. The third-order valence-corrected chi connectivity index (χ3v) is 7.64. The van der Waals surface area contributed by atoms with Gasteiger partial charge in [-0.05, 0) is 49.2 Å². The van der Waals surface area contributed by atoms with E-state index in [1.807, 2.05) is 44.2 Å². The van der Waals surface area contributed by atoms with Crippen LogP contribution < -0.4 is 9.62 Å². The van der Waals surface area contributed by atoms with Crippen LogP contribution in [0.3, 0.4) is 0 Å². The van der Waals surface area contributed by atoms with Crippen molar-refractivity contribution in [1.29, 1.82) is 0 Å². The smallest absolute Gasteiger partial charge is 0.244 e. The van der Waals surface area contributed by atoms with Crippen molar-refractivity contribution in [1.82, 2.24) is 10.2 Å². The van der Waals surface area contributed by atoms with Crippen LogP contribution in [-0.2, 0) is 32.6 Å². The number of halogens is 2. The summed E-state index contributed by atoms with van der Waals surface area (Å²) >= 11 is 12.3. The summed E-state index contributed by atoms with van der Waals surface area (Å²) < 4.78 is 26.5. The summed E-state index contributed by atoms with van der Waals surface area (Å²) in [6.45, 7) is 3.21. The first-order chi connectivity index (χ1) is 18.0. The Kier molecular flexibility index (Phi) is 10.2. The van der Waals surface area contributed by atoms with Crippen LogP contribution in [0.2, 0.25) is 10.0 Å². The number of amides is 2. The second kappa shape index (κ2) is 13.1. The molecule has 0 spiro atoms. The molecular formula is C28H31Cl2N3O4S. The maximum absolute atomic E-state index is 13.9. The molecule has 0 saturated heterocycles. The van der Waals surface area contributed by atoms with Gasteiger partial charge in [0.25, 0.3) is 0 Å². The molecule has 0 fully saturated rings. The summed E-state index contributed by atoms with van der Waals surface area (Å²) in [4.78, 5) is 28.8. The second-order valence-electron chi connectivity index (χ2n) is 9.24. The molecule has 2 amide bonds. The Labute approximate surface area is 234 Å². The minimum Gasteiger partial charge on any atom is -0.352 e. The summed E-state index contributed by atoms with van der Waals surface area (Å²) in [7, 11) is -3.81. The van der Waals surface area contributed by atoms with E-state index in [1.165, 1.54) is 4.90 Å². The van der Waals surface area contributed by atoms with E-state index in [0.717, 1.165) is 16.1 Å². The molecule has 3 aromatic carbocycles. The van der Waals surface area contributed by atoms with Gasteiger partial charge in [-0.1, -0.05) is 77.8 Å². The van der Waals surface area contributed by atoms with Crippen molar-refractivity contribution in [2.45, 2.75) is 38.9 Å². The lowest BCUT2D eigenvalue weighted by Crippen LogP contribution is -2.54. The van der Waals surface area contributed by atoms with E-state index in [4.69, 9.17) is 23.2 Å². The van der Waals surface area contributed by atoms with E-state index in [0.29, 0.717) is 21.3 Å². The van der Waals surface area contributed by atoms with Crippen LogP contribution in [0.1, 0.15) is 25.0 Å². The summed E-state index contributed by atoms with van der Waals surface area (Å²) in [6, 6.07) is 21.6. The molecule has 0 aliphatic carbocycles. The summed E-state index contributed by atoms with van der Waals surface area (Å²) in [5, 5.41) is 3.58. The number of rotatable bonds is 11. The Morgan fingerprint density at radius 3 is 2.03 bits per heavy atom. The normalized spacial score (nSPS) is 12.2. The summed E-state index contributed by atoms with van der Waals surface area (Å²) in [6.07, 6.45) is 1.28. The van der Waals surface area contributed by atoms with Gasteiger partial charge in [-0.25, -0.2) is 8.42 Å². The van der Waals surface area contributed by atoms with Crippen molar-refractivity contribution in [3.63, 3.8) is 0 Å². The minimum absolute atomic E-state index is 0.0190. The molecule has 3 aromatic rings. The number of nitrogens with one attached hydrogen (secondary N) is 1. The van der Waals surface area contributed by atoms with Crippen LogP contribution >= 0.6 is 23.2 Å². The molecule has 0 radical (unpaired) electrons. The van der Waals surface area contributed by atoms with Gasteiger partial charge >= 0.3 is 0 Å². The first-order valence-electron chi connectivity index (χ1n) is 12.1. The highest BCUT2D eigenvalue weighted by atomic mass is 35.5.